The molecule has 1 aromatic heterocycles. The molecule has 4 heteroatoms. The van der Waals surface area contributed by atoms with Crippen LogP contribution in [0.2, 0.25) is 0 Å². The molecule has 0 fully saturated rings. The summed E-state index contributed by atoms with van der Waals surface area (Å²) in [6.45, 7) is 2.53. The highest BCUT2D eigenvalue weighted by atomic mass is 79.9. The average Bonchev–Trinajstić information content (AvgIpc) is 2.78. The van der Waals surface area contributed by atoms with E-state index in [0.717, 1.165) is 15.8 Å². The molecule has 0 amide bonds. The van der Waals surface area contributed by atoms with Gasteiger partial charge in [-0.05, 0) is 36.8 Å². The highest BCUT2D eigenvalue weighted by molar-refractivity contribution is 9.10. The predicted octanol–water partition coefficient (Wildman–Crippen LogP) is 4.79. The third-order valence-electron chi connectivity index (χ3n) is 2.33. The minimum Gasteiger partial charge on any atom is -0.485 e. The lowest BCUT2D eigenvalue weighted by Crippen LogP contribution is -1.95. The number of aryl methyl sites for hydroxylation is 1. The summed E-state index contributed by atoms with van der Waals surface area (Å²) < 4.78 is 19.7. The molecule has 0 saturated carbocycles. The van der Waals surface area contributed by atoms with Crippen molar-refractivity contribution in [2.24, 2.45) is 0 Å². The number of hydrogen-bond donors (Lipinski definition) is 0. The van der Waals surface area contributed by atoms with Crippen molar-refractivity contribution in [3.63, 3.8) is 0 Å². The maximum Gasteiger partial charge on any atom is 0.165 e. The fraction of sp³-hybridized carbons (Fsp3) is 0.231. The quantitative estimate of drug-likeness (QED) is 0.788. The van der Waals surface area contributed by atoms with Crippen LogP contribution in [-0.2, 0) is 13.0 Å². The largest absolute Gasteiger partial charge is 0.485 e. The van der Waals surface area contributed by atoms with Gasteiger partial charge in [-0.3, -0.25) is 0 Å². The van der Waals surface area contributed by atoms with Gasteiger partial charge in [-0.15, -0.1) is 11.3 Å². The first-order valence-electron chi connectivity index (χ1n) is 5.34. The Bertz CT molecular complexity index is 510. The van der Waals surface area contributed by atoms with Gasteiger partial charge in [0.15, 0.2) is 11.6 Å². The SMILES string of the molecule is CCc1ccc(COc2cc(Br)ccc2F)s1. The summed E-state index contributed by atoms with van der Waals surface area (Å²) >= 11 is 5.00. The molecule has 2 aromatic rings. The van der Waals surface area contributed by atoms with Gasteiger partial charge < -0.3 is 4.74 Å². The zero-order valence-electron chi connectivity index (χ0n) is 9.37. The summed E-state index contributed by atoms with van der Waals surface area (Å²) in [5.41, 5.74) is 0. The molecule has 1 heterocycles. The molecule has 2 rings (SSSR count). The van der Waals surface area contributed by atoms with Crippen LogP contribution in [0.5, 0.6) is 5.75 Å². The highest BCUT2D eigenvalue weighted by Gasteiger charge is 2.05. The second-order valence-electron chi connectivity index (χ2n) is 3.58. The van der Waals surface area contributed by atoms with E-state index in [4.69, 9.17) is 4.74 Å². The van der Waals surface area contributed by atoms with E-state index < -0.39 is 0 Å². The molecule has 0 aliphatic heterocycles. The van der Waals surface area contributed by atoms with Crippen molar-refractivity contribution in [3.8, 4) is 5.75 Å². The molecule has 0 radical (unpaired) electrons. The lowest BCUT2D eigenvalue weighted by atomic mass is 10.3. The van der Waals surface area contributed by atoms with Gasteiger partial charge in [0.05, 0.1) is 0 Å². The van der Waals surface area contributed by atoms with Crippen LogP contribution in [0.1, 0.15) is 16.7 Å². The van der Waals surface area contributed by atoms with Crippen LogP contribution in [0.15, 0.2) is 34.8 Å². The van der Waals surface area contributed by atoms with Gasteiger partial charge in [0, 0.05) is 14.2 Å². The maximum atomic E-state index is 13.4. The molecule has 0 bridgehead atoms. The lowest BCUT2D eigenvalue weighted by Gasteiger charge is -2.06. The van der Waals surface area contributed by atoms with E-state index >= 15 is 0 Å². The Kier molecular flexibility index (Phi) is 4.18. The Labute approximate surface area is 112 Å². The Morgan fingerprint density at radius 1 is 1.24 bits per heavy atom. The summed E-state index contributed by atoms with van der Waals surface area (Å²) in [6.07, 6.45) is 1.02. The van der Waals surface area contributed by atoms with Crippen molar-refractivity contribution < 1.29 is 9.13 Å². The van der Waals surface area contributed by atoms with Crippen LogP contribution in [0.4, 0.5) is 4.39 Å². The van der Waals surface area contributed by atoms with E-state index in [2.05, 4.69) is 28.9 Å². The normalized spacial score (nSPS) is 10.5. The first kappa shape index (κ1) is 12.6. The number of benzene rings is 1. The molecule has 0 aliphatic carbocycles. The first-order chi connectivity index (χ1) is 8.19. The van der Waals surface area contributed by atoms with E-state index in [0.29, 0.717) is 6.61 Å². The predicted molar refractivity (Wildman–Crippen MR) is 72.1 cm³/mol. The second-order valence-corrected chi connectivity index (χ2v) is 5.75. The van der Waals surface area contributed by atoms with Gasteiger partial charge in [0.1, 0.15) is 6.61 Å². The van der Waals surface area contributed by atoms with Crippen molar-refractivity contribution in [2.45, 2.75) is 20.0 Å². The number of hydrogen-bond acceptors (Lipinski definition) is 2. The third kappa shape index (κ3) is 3.30. The molecule has 0 spiro atoms. The van der Waals surface area contributed by atoms with Gasteiger partial charge in [-0.1, -0.05) is 22.9 Å². The Hall–Kier alpha value is -0.870. The molecule has 0 saturated heterocycles. The topological polar surface area (TPSA) is 9.23 Å². The van der Waals surface area contributed by atoms with Crippen LogP contribution in [0.3, 0.4) is 0 Å². The van der Waals surface area contributed by atoms with Crippen molar-refractivity contribution in [3.05, 3.63) is 50.4 Å². The zero-order chi connectivity index (χ0) is 12.3. The van der Waals surface area contributed by atoms with Gasteiger partial charge in [0.2, 0.25) is 0 Å². The Morgan fingerprint density at radius 3 is 2.71 bits per heavy atom. The molecule has 90 valence electrons. The van der Waals surface area contributed by atoms with Crippen molar-refractivity contribution >= 4 is 27.3 Å². The maximum absolute atomic E-state index is 13.4. The summed E-state index contributed by atoms with van der Waals surface area (Å²) in [6, 6.07) is 8.80. The lowest BCUT2D eigenvalue weighted by molar-refractivity contribution is 0.293. The number of ether oxygens (including phenoxy) is 1. The fourth-order valence-electron chi connectivity index (χ4n) is 1.43. The van der Waals surface area contributed by atoms with Crippen molar-refractivity contribution in [1.29, 1.82) is 0 Å². The van der Waals surface area contributed by atoms with Gasteiger partial charge >= 0.3 is 0 Å². The van der Waals surface area contributed by atoms with E-state index in [-0.39, 0.29) is 11.6 Å². The molecule has 0 aliphatic rings. The highest BCUT2D eigenvalue weighted by Crippen LogP contribution is 2.24. The Morgan fingerprint density at radius 2 is 2.00 bits per heavy atom. The molecule has 0 atom stereocenters. The van der Waals surface area contributed by atoms with Crippen LogP contribution in [0.25, 0.3) is 0 Å². The van der Waals surface area contributed by atoms with Crippen molar-refractivity contribution in [1.82, 2.24) is 0 Å². The molecule has 17 heavy (non-hydrogen) atoms. The summed E-state index contributed by atoms with van der Waals surface area (Å²) in [7, 11) is 0. The van der Waals surface area contributed by atoms with Crippen molar-refractivity contribution in [2.75, 3.05) is 0 Å². The molecular formula is C13H12BrFOS. The van der Waals surface area contributed by atoms with Gasteiger partial charge in [-0.2, -0.15) is 0 Å². The molecule has 0 N–H and O–H groups in total. The van der Waals surface area contributed by atoms with E-state index in [1.54, 1.807) is 23.5 Å². The fourth-order valence-corrected chi connectivity index (χ4v) is 2.64. The van der Waals surface area contributed by atoms with Crippen LogP contribution >= 0.6 is 27.3 Å². The van der Waals surface area contributed by atoms with Gasteiger partial charge in [-0.25, -0.2) is 4.39 Å². The van der Waals surface area contributed by atoms with Crippen LogP contribution in [0, 0.1) is 5.82 Å². The summed E-state index contributed by atoms with van der Waals surface area (Å²) in [5, 5.41) is 0. The monoisotopic (exact) mass is 314 g/mol. The molecule has 0 unspecified atom stereocenters. The minimum atomic E-state index is -0.333. The zero-order valence-corrected chi connectivity index (χ0v) is 11.8. The van der Waals surface area contributed by atoms with Gasteiger partial charge in [0.25, 0.3) is 0 Å². The molecular weight excluding hydrogens is 303 g/mol. The second kappa shape index (κ2) is 5.65. The average molecular weight is 315 g/mol. The standard InChI is InChI=1S/C13H12BrFOS/c1-2-10-4-5-11(17-10)8-16-13-7-9(14)3-6-12(13)15/h3-7H,2,8H2,1H3. The minimum absolute atomic E-state index is 0.283. The molecule has 1 aromatic carbocycles. The number of rotatable bonds is 4. The summed E-state index contributed by atoms with van der Waals surface area (Å²) in [4.78, 5) is 2.43. The first-order valence-corrected chi connectivity index (χ1v) is 6.95. The third-order valence-corrected chi connectivity index (χ3v) is 4.03. The van der Waals surface area contributed by atoms with Crippen LogP contribution in [-0.4, -0.2) is 0 Å². The van der Waals surface area contributed by atoms with E-state index in [9.17, 15) is 4.39 Å². The van der Waals surface area contributed by atoms with Crippen LogP contribution < -0.4 is 4.74 Å². The Balaban J connectivity index is 2.04. The smallest absolute Gasteiger partial charge is 0.165 e. The van der Waals surface area contributed by atoms with E-state index in [1.165, 1.54) is 10.9 Å². The molecule has 1 nitrogen and oxygen atoms in total. The number of halogens is 2. The van der Waals surface area contributed by atoms with E-state index in [1.807, 2.05) is 6.07 Å². The summed E-state index contributed by atoms with van der Waals surface area (Å²) in [5.74, 6) is -0.0497. The number of thiophene rings is 1.